The van der Waals surface area contributed by atoms with Crippen LogP contribution in [0.5, 0.6) is 0 Å². The van der Waals surface area contributed by atoms with Gasteiger partial charge in [-0.15, -0.1) is 0 Å². The number of benzene rings is 2. The van der Waals surface area contributed by atoms with Crippen LogP contribution in [0.1, 0.15) is 19.4 Å². The minimum absolute atomic E-state index is 0.0870. The Morgan fingerprint density at radius 1 is 1.10 bits per heavy atom. The number of anilines is 2. The zero-order valence-electron chi connectivity index (χ0n) is 16.8. The predicted octanol–water partition coefficient (Wildman–Crippen LogP) is 3.40. The van der Waals surface area contributed by atoms with E-state index in [4.69, 9.17) is 0 Å². The van der Waals surface area contributed by atoms with Gasteiger partial charge in [-0.3, -0.25) is 4.79 Å². The zero-order chi connectivity index (χ0) is 21.6. The van der Waals surface area contributed by atoms with E-state index in [1.807, 2.05) is 17.9 Å². The summed E-state index contributed by atoms with van der Waals surface area (Å²) in [7, 11) is -3.79. The van der Waals surface area contributed by atoms with Crippen molar-refractivity contribution >= 4 is 43.2 Å². The first-order valence-corrected chi connectivity index (χ1v) is 12.0. The molecule has 2 aromatic rings. The van der Waals surface area contributed by atoms with Crippen LogP contribution in [0.15, 0.2) is 45.8 Å². The smallest absolute Gasteiger partial charge is 0.245 e. The highest BCUT2D eigenvalue weighted by Gasteiger charge is 2.38. The van der Waals surface area contributed by atoms with Crippen molar-refractivity contribution in [2.45, 2.75) is 31.2 Å². The van der Waals surface area contributed by atoms with Gasteiger partial charge in [0.25, 0.3) is 0 Å². The van der Waals surface area contributed by atoms with Gasteiger partial charge in [0.2, 0.25) is 15.9 Å². The molecule has 0 unspecified atom stereocenters. The molecule has 1 saturated heterocycles. The summed E-state index contributed by atoms with van der Waals surface area (Å²) < 4.78 is 42.5. The minimum atomic E-state index is -3.79. The number of carbonyl (C=O) groups is 1. The predicted molar refractivity (Wildman–Crippen MR) is 118 cm³/mol. The highest BCUT2D eigenvalue weighted by Crippen LogP contribution is 2.41. The highest BCUT2D eigenvalue weighted by molar-refractivity contribution is 9.10. The van der Waals surface area contributed by atoms with E-state index < -0.39 is 10.0 Å². The number of hydrogen-bond acceptors (Lipinski definition) is 4. The van der Waals surface area contributed by atoms with Crippen molar-refractivity contribution in [3.05, 3.63) is 52.3 Å². The van der Waals surface area contributed by atoms with Crippen molar-refractivity contribution in [3.63, 3.8) is 0 Å². The monoisotopic (exact) mass is 495 g/mol. The number of halogens is 2. The van der Waals surface area contributed by atoms with Gasteiger partial charge in [-0.05, 0) is 55.3 Å². The molecule has 2 heterocycles. The van der Waals surface area contributed by atoms with Gasteiger partial charge in [0.1, 0.15) is 10.7 Å². The molecule has 2 aliphatic rings. The fourth-order valence-electron chi connectivity index (χ4n) is 4.33. The lowest BCUT2D eigenvalue weighted by Gasteiger charge is -2.36. The van der Waals surface area contributed by atoms with Gasteiger partial charge in [-0.2, -0.15) is 4.31 Å². The number of piperazine rings is 1. The van der Waals surface area contributed by atoms with E-state index in [-0.39, 0.29) is 22.7 Å². The molecule has 9 heteroatoms. The molecule has 30 heavy (non-hydrogen) atoms. The number of nitrogens with zero attached hydrogens (tertiary/aromatic N) is 3. The Kier molecular flexibility index (Phi) is 5.63. The molecule has 2 aliphatic heterocycles. The first kappa shape index (κ1) is 21.3. The van der Waals surface area contributed by atoms with Crippen LogP contribution in [0.3, 0.4) is 0 Å². The van der Waals surface area contributed by atoms with Crippen LogP contribution in [0.2, 0.25) is 0 Å². The quantitative estimate of drug-likeness (QED) is 0.654. The van der Waals surface area contributed by atoms with Gasteiger partial charge in [-0.1, -0.05) is 15.9 Å². The maximum atomic E-state index is 13.6. The maximum absolute atomic E-state index is 13.6. The van der Waals surface area contributed by atoms with Crippen LogP contribution in [0.4, 0.5) is 15.8 Å². The summed E-state index contributed by atoms with van der Waals surface area (Å²) in [5.41, 5.74) is 2.23. The zero-order valence-corrected chi connectivity index (χ0v) is 19.2. The van der Waals surface area contributed by atoms with Crippen LogP contribution >= 0.6 is 15.9 Å². The van der Waals surface area contributed by atoms with Gasteiger partial charge < -0.3 is 9.80 Å². The van der Waals surface area contributed by atoms with E-state index in [9.17, 15) is 17.6 Å². The van der Waals surface area contributed by atoms with Gasteiger partial charge >= 0.3 is 0 Å². The number of rotatable bonds is 3. The lowest BCUT2D eigenvalue weighted by molar-refractivity contribution is -0.116. The van der Waals surface area contributed by atoms with Gasteiger partial charge in [0.05, 0.1) is 5.69 Å². The third kappa shape index (κ3) is 3.74. The van der Waals surface area contributed by atoms with Crippen molar-refractivity contribution in [3.8, 4) is 0 Å². The summed E-state index contributed by atoms with van der Waals surface area (Å²) in [6, 6.07) is 9.60. The van der Waals surface area contributed by atoms with Crippen molar-refractivity contribution in [2.24, 2.45) is 0 Å². The fourth-order valence-corrected chi connectivity index (χ4v) is 6.66. The molecule has 0 N–H and O–H groups in total. The van der Waals surface area contributed by atoms with Crippen molar-refractivity contribution < 1.29 is 17.6 Å². The van der Waals surface area contributed by atoms with E-state index in [0.29, 0.717) is 42.8 Å². The molecule has 1 amide bonds. The normalized spacial score (nSPS) is 19.8. The molecule has 0 aromatic heterocycles. The van der Waals surface area contributed by atoms with Crippen LogP contribution in [-0.4, -0.2) is 50.9 Å². The molecule has 0 spiro atoms. The second-order valence-corrected chi connectivity index (χ2v) is 10.5. The van der Waals surface area contributed by atoms with Crippen molar-refractivity contribution in [1.82, 2.24) is 4.31 Å². The van der Waals surface area contributed by atoms with Crippen LogP contribution < -0.4 is 9.80 Å². The lowest BCUT2D eigenvalue weighted by atomic mass is 10.1. The molecule has 0 radical (unpaired) electrons. The first-order valence-electron chi connectivity index (χ1n) is 9.81. The molecular formula is C21H23BrFN3O3S. The van der Waals surface area contributed by atoms with Crippen LogP contribution in [0, 0.1) is 5.82 Å². The largest absolute Gasteiger partial charge is 0.369 e. The Morgan fingerprint density at radius 2 is 1.73 bits per heavy atom. The second kappa shape index (κ2) is 7.94. The Morgan fingerprint density at radius 3 is 2.33 bits per heavy atom. The Bertz CT molecular complexity index is 1080. The molecule has 0 saturated carbocycles. The third-order valence-electron chi connectivity index (χ3n) is 5.70. The Balaban J connectivity index is 1.63. The van der Waals surface area contributed by atoms with E-state index in [0.717, 1.165) is 11.3 Å². The number of fused-ring (bicyclic) bond motifs is 1. The lowest BCUT2D eigenvalue weighted by Crippen LogP contribution is -2.49. The summed E-state index contributed by atoms with van der Waals surface area (Å²) in [4.78, 5) is 16.1. The molecular weight excluding hydrogens is 473 g/mol. The molecule has 1 fully saturated rings. The number of carbonyl (C=O) groups excluding carboxylic acids is 1. The highest BCUT2D eigenvalue weighted by atomic mass is 79.9. The molecule has 2 aromatic carbocycles. The SMILES string of the molecule is CC(=O)N1c2c(cc(Br)cc2S(=O)(=O)N2CCN(c3ccc(F)cc3)CC2)C[C@@H]1C. The topological polar surface area (TPSA) is 60.9 Å². The summed E-state index contributed by atoms with van der Waals surface area (Å²) in [6.45, 7) is 5.04. The molecule has 1 atom stereocenters. The van der Waals surface area contributed by atoms with Gasteiger partial charge in [0.15, 0.2) is 0 Å². The number of sulfonamides is 1. The molecule has 4 rings (SSSR count). The first-order chi connectivity index (χ1) is 14.2. The van der Waals surface area contributed by atoms with Crippen LogP contribution in [-0.2, 0) is 21.2 Å². The van der Waals surface area contributed by atoms with Crippen molar-refractivity contribution in [2.75, 3.05) is 36.0 Å². The molecule has 6 nitrogen and oxygen atoms in total. The number of hydrogen-bond donors (Lipinski definition) is 0. The standard InChI is InChI=1S/C21H23BrFN3O3S/c1-14-11-16-12-17(22)13-20(21(16)26(14)15(2)27)30(28,29)25-9-7-24(8-10-25)19-5-3-18(23)4-6-19/h3-6,12-14H,7-11H2,1-2H3/t14-/m0/s1. The maximum Gasteiger partial charge on any atom is 0.245 e. The van der Waals surface area contributed by atoms with Crippen molar-refractivity contribution in [1.29, 1.82) is 0 Å². The Labute approximate surface area is 184 Å². The van der Waals surface area contributed by atoms with E-state index in [1.54, 1.807) is 23.1 Å². The molecule has 0 aliphatic carbocycles. The summed E-state index contributed by atoms with van der Waals surface area (Å²) >= 11 is 3.43. The van der Waals surface area contributed by atoms with Gasteiger partial charge in [-0.25, -0.2) is 12.8 Å². The fraction of sp³-hybridized carbons (Fsp3) is 0.381. The van der Waals surface area contributed by atoms with E-state index >= 15 is 0 Å². The average molecular weight is 496 g/mol. The molecule has 160 valence electrons. The minimum Gasteiger partial charge on any atom is -0.369 e. The number of amides is 1. The third-order valence-corrected chi connectivity index (χ3v) is 8.07. The summed E-state index contributed by atoms with van der Waals surface area (Å²) in [6.07, 6.45) is 0.620. The van der Waals surface area contributed by atoms with E-state index in [2.05, 4.69) is 15.9 Å². The second-order valence-electron chi connectivity index (χ2n) is 7.72. The Hall–Kier alpha value is -1.97. The van der Waals surface area contributed by atoms with Crippen LogP contribution in [0.25, 0.3) is 0 Å². The van der Waals surface area contributed by atoms with E-state index in [1.165, 1.54) is 23.4 Å². The summed E-state index contributed by atoms with van der Waals surface area (Å²) in [5.74, 6) is -0.464. The molecule has 0 bridgehead atoms. The summed E-state index contributed by atoms with van der Waals surface area (Å²) in [5, 5.41) is 0. The average Bonchev–Trinajstić information content (AvgIpc) is 3.03. The van der Waals surface area contributed by atoms with Gasteiger partial charge in [0, 0.05) is 49.3 Å².